The largest absolute Gasteiger partial charge is 0.496 e. The predicted octanol–water partition coefficient (Wildman–Crippen LogP) is 2.08. The maximum absolute atomic E-state index is 12.5. The minimum Gasteiger partial charge on any atom is -0.496 e. The zero-order valence-corrected chi connectivity index (χ0v) is 17.3. The highest BCUT2D eigenvalue weighted by Gasteiger charge is 2.16. The number of pyridine rings is 1. The first-order valence-electron chi connectivity index (χ1n) is 9.98. The standard InChI is InChI=1S/C22H26N4O4/c1-28-18-4-3-5-19(29-2)21(18)16-6-7-20-24-17(15-26(20)14-16)22(27)23-8-9-25-10-12-30-13-11-25/h3-7,14-15H,8-13H2,1-2H3,(H,23,27). The molecule has 1 aliphatic heterocycles. The minimum absolute atomic E-state index is 0.177. The van der Waals surface area contributed by atoms with Gasteiger partial charge in [0.05, 0.1) is 33.0 Å². The normalized spacial score (nSPS) is 14.6. The Labute approximate surface area is 175 Å². The van der Waals surface area contributed by atoms with E-state index in [9.17, 15) is 4.79 Å². The maximum Gasteiger partial charge on any atom is 0.271 e. The van der Waals surface area contributed by atoms with Crippen LogP contribution in [0.25, 0.3) is 16.8 Å². The molecule has 0 unspecified atom stereocenters. The van der Waals surface area contributed by atoms with E-state index in [1.165, 1.54) is 0 Å². The van der Waals surface area contributed by atoms with Crippen LogP contribution < -0.4 is 14.8 Å². The molecule has 1 saturated heterocycles. The lowest BCUT2D eigenvalue weighted by molar-refractivity contribution is 0.0383. The lowest BCUT2D eigenvalue weighted by Gasteiger charge is -2.26. The first-order chi connectivity index (χ1) is 14.7. The molecule has 1 aliphatic rings. The SMILES string of the molecule is COc1cccc(OC)c1-c1ccc2nc(C(=O)NCCN3CCOCC3)cn2c1. The molecule has 1 N–H and O–H groups in total. The fraction of sp³-hybridized carbons (Fsp3) is 0.364. The van der Waals surface area contributed by atoms with Gasteiger partial charge in [-0.25, -0.2) is 4.98 Å². The summed E-state index contributed by atoms with van der Waals surface area (Å²) in [4.78, 5) is 19.3. The molecule has 0 atom stereocenters. The van der Waals surface area contributed by atoms with Gasteiger partial charge in [0, 0.05) is 44.1 Å². The minimum atomic E-state index is -0.177. The number of methoxy groups -OCH3 is 2. The summed E-state index contributed by atoms with van der Waals surface area (Å²) in [6.45, 7) is 4.69. The van der Waals surface area contributed by atoms with Crippen molar-refractivity contribution in [1.82, 2.24) is 19.6 Å². The van der Waals surface area contributed by atoms with Crippen LogP contribution in [0.15, 0.2) is 42.7 Å². The average Bonchev–Trinajstić information content (AvgIpc) is 3.22. The van der Waals surface area contributed by atoms with Crippen LogP contribution in [-0.2, 0) is 4.74 Å². The number of amides is 1. The van der Waals surface area contributed by atoms with Crippen LogP contribution in [-0.4, -0.2) is 73.8 Å². The molecule has 4 rings (SSSR count). The highest BCUT2D eigenvalue weighted by atomic mass is 16.5. The highest BCUT2D eigenvalue weighted by molar-refractivity contribution is 5.93. The second-order valence-corrected chi connectivity index (χ2v) is 7.06. The van der Waals surface area contributed by atoms with E-state index in [-0.39, 0.29) is 5.91 Å². The van der Waals surface area contributed by atoms with E-state index in [4.69, 9.17) is 14.2 Å². The molecule has 1 aromatic carbocycles. The first kappa shape index (κ1) is 20.2. The van der Waals surface area contributed by atoms with Crippen molar-refractivity contribution in [3.05, 3.63) is 48.4 Å². The van der Waals surface area contributed by atoms with Crippen LogP contribution in [0.4, 0.5) is 0 Å². The fourth-order valence-electron chi connectivity index (χ4n) is 3.63. The fourth-order valence-corrected chi connectivity index (χ4v) is 3.63. The summed E-state index contributed by atoms with van der Waals surface area (Å²) >= 11 is 0. The van der Waals surface area contributed by atoms with Gasteiger partial charge in [-0.15, -0.1) is 0 Å². The number of fused-ring (bicyclic) bond motifs is 1. The van der Waals surface area contributed by atoms with Gasteiger partial charge in [0.15, 0.2) is 0 Å². The molecule has 1 amide bonds. The Balaban J connectivity index is 1.51. The van der Waals surface area contributed by atoms with Crippen molar-refractivity contribution >= 4 is 11.6 Å². The number of hydrogen-bond donors (Lipinski definition) is 1. The number of benzene rings is 1. The molecule has 158 valence electrons. The molecule has 8 heteroatoms. The van der Waals surface area contributed by atoms with E-state index in [1.807, 2.05) is 40.9 Å². The maximum atomic E-state index is 12.5. The van der Waals surface area contributed by atoms with E-state index in [1.54, 1.807) is 20.4 Å². The van der Waals surface area contributed by atoms with Crippen LogP contribution in [0.2, 0.25) is 0 Å². The summed E-state index contributed by atoms with van der Waals surface area (Å²) in [5.74, 6) is 1.26. The highest BCUT2D eigenvalue weighted by Crippen LogP contribution is 2.38. The van der Waals surface area contributed by atoms with Crippen LogP contribution >= 0.6 is 0 Å². The van der Waals surface area contributed by atoms with Crippen molar-refractivity contribution in [3.8, 4) is 22.6 Å². The number of ether oxygens (including phenoxy) is 3. The Morgan fingerprint density at radius 1 is 1.10 bits per heavy atom. The van der Waals surface area contributed by atoms with Crippen molar-refractivity contribution in [3.63, 3.8) is 0 Å². The van der Waals surface area contributed by atoms with E-state index in [0.717, 1.165) is 55.5 Å². The lowest BCUT2D eigenvalue weighted by atomic mass is 10.1. The number of imidazole rings is 1. The summed E-state index contributed by atoms with van der Waals surface area (Å²) in [7, 11) is 3.26. The van der Waals surface area contributed by atoms with Crippen molar-refractivity contribution in [2.45, 2.75) is 0 Å². The summed E-state index contributed by atoms with van der Waals surface area (Å²) in [5.41, 5.74) is 2.86. The zero-order chi connectivity index (χ0) is 20.9. The molecule has 0 aliphatic carbocycles. The third-order valence-corrected chi connectivity index (χ3v) is 5.22. The van der Waals surface area contributed by atoms with Gasteiger partial charge in [-0.05, 0) is 24.3 Å². The Bertz CT molecular complexity index is 1000. The van der Waals surface area contributed by atoms with Gasteiger partial charge in [0.25, 0.3) is 5.91 Å². The van der Waals surface area contributed by atoms with Crippen LogP contribution in [0.5, 0.6) is 11.5 Å². The number of carbonyl (C=O) groups is 1. The lowest BCUT2D eigenvalue weighted by Crippen LogP contribution is -2.41. The quantitative estimate of drug-likeness (QED) is 0.643. The van der Waals surface area contributed by atoms with Crippen molar-refractivity contribution in [1.29, 1.82) is 0 Å². The van der Waals surface area contributed by atoms with Crippen LogP contribution in [0.1, 0.15) is 10.5 Å². The molecular weight excluding hydrogens is 384 g/mol. The summed E-state index contributed by atoms with van der Waals surface area (Å²) in [5, 5.41) is 2.95. The predicted molar refractivity (Wildman–Crippen MR) is 113 cm³/mol. The van der Waals surface area contributed by atoms with E-state index in [0.29, 0.717) is 17.9 Å². The van der Waals surface area contributed by atoms with Gasteiger partial charge in [0.1, 0.15) is 22.8 Å². The van der Waals surface area contributed by atoms with Gasteiger partial charge >= 0.3 is 0 Å². The van der Waals surface area contributed by atoms with Gasteiger partial charge in [-0.1, -0.05) is 6.07 Å². The topological polar surface area (TPSA) is 77.3 Å². The van der Waals surface area contributed by atoms with Gasteiger partial charge in [-0.3, -0.25) is 9.69 Å². The van der Waals surface area contributed by atoms with Crippen molar-refractivity contribution in [2.75, 3.05) is 53.6 Å². The number of nitrogens with zero attached hydrogens (tertiary/aromatic N) is 3. The molecule has 1 fully saturated rings. The number of aromatic nitrogens is 2. The van der Waals surface area contributed by atoms with Gasteiger partial charge in [-0.2, -0.15) is 0 Å². The molecule has 30 heavy (non-hydrogen) atoms. The summed E-state index contributed by atoms with van der Waals surface area (Å²) < 4.78 is 18.2. The molecule has 0 bridgehead atoms. The number of morpholine rings is 1. The Hall–Kier alpha value is -3.10. The smallest absolute Gasteiger partial charge is 0.271 e. The monoisotopic (exact) mass is 410 g/mol. The molecule has 0 radical (unpaired) electrons. The first-order valence-corrected chi connectivity index (χ1v) is 9.98. The molecular formula is C22H26N4O4. The van der Waals surface area contributed by atoms with Gasteiger partial charge in [0.2, 0.25) is 0 Å². The molecule has 3 heterocycles. The van der Waals surface area contributed by atoms with E-state index >= 15 is 0 Å². The zero-order valence-electron chi connectivity index (χ0n) is 17.3. The Morgan fingerprint density at radius 3 is 2.53 bits per heavy atom. The van der Waals surface area contributed by atoms with Crippen LogP contribution in [0, 0.1) is 0 Å². The van der Waals surface area contributed by atoms with Crippen molar-refractivity contribution < 1.29 is 19.0 Å². The third kappa shape index (κ3) is 4.24. The van der Waals surface area contributed by atoms with Crippen LogP contribution in [0.3, 0.4) is 0 Å². The Kier molecular flexibility index (Phi) is 6.15. The molecule has 3 aromatic rings. The average molecular weight is 410 g/mol. The number of carbonyl (C=O) groups excluding carboxylic acids is 1. The molecule has 2 aromatic heterocycles. The Morgan fingerprint density at radius 2 is 1.83 bits per heavy atom. The second kappa shape index (κ2) is 9.15. The molecule has 0 saturated carbocycles. The van der Waals surface area contributed by atoms with Gasteiger partial charge < -0.3 is 23.9 Å². The van der Waals surface area contributed by atoms with Crippen molar-refractivity contribution in [2.24, 2.45) is 0 Å². The van der Waals surface area contributed by atoms with E-state index in [2.05, 4.69) is 15.2 Å². The number of rotatable bonds is 7. The molecule has 0 spiro atoms. The molecule has 8 nitrogen and oxygen atoms in total. The summed E-state index contributed by atoms with van der Waals surface area (Å²) in [6.07, 6.45) is 3.66. The number of hydrogen-bond acceptors (Lipinski definition) is 6. The summed E-state index contributed by atoms with van der Waals surface area (Å²) in [6, 6.07) is 9.50. The second-order valence-electron chi connectivity index (χ2n) is 7.06. The third-order valence-electron chi connectivity index (χ3n) is 5.22. The van der Waals surface area contributed by atoms with E-state index < -0.39 is 0 Å². The number of nitrogens with one attached hydrogen (secondary N) is 1.